The summed E-state index contributed by atoms with van der Waals surface area (Å²) < 4.78 is 28.2. The van der Waals surface area contributed by atoms with Crippen LogP contribution in [-0.2, 0) is 27.8 Å². The van der Waals surface area contributed by atoms with Gasteiger partial charge in [-0.15, -0.1) is 0 Å². The van der Waals surface area contributed by atoms with Crippen molar-refractivity contribution in [1.29, 1.82) is 0 Å². The summed E-state index contributed by atoms with van der Waals surface area (Å²) in [6.07, 6.45) is 1.05. The van der Waals surface area contributed by atoms with Gasteiger partial charge in [0.05, 0.1) is 4.90 Å². The molecule has 0 spiro atoms. The smallest absolute Gasteiger partial charge is 0.238 e. The number of carbonyl (C=O) groups excluding carboxylic acids is 1. The van der Waals surface area contributed by atoms with E-state index in [-0.39, 0.29) is 10.8 Å². The van der Waals surface area contributed by atoms with E-state index in [2.05, 4.69) is 16.3 Å². The van der Waals surface area contributed by atoms with Crippen LogP contribution in [0.3, 0.4) is 0 Å². The molecular formula is C20H25N3O4S. The second-order valence-corrected chi connectivity index (χ2v) is 8.33. The largest absolute Gasteiger partial charge is 0.492 e. The van der Waals surface area contributed by atoms with Gasteiger partial charge in [0.1, 0.15) is 12.4 Å². The molecule has 0 saturated heterocycles. The van der Waals surface area contributed by atoms with Crippen LogP contribution in [0.5, 0.6) is 5.75 Å². The lowest BCUT2D eigenvalue weighted by atomic mass is 10.1. The zero-order valence-corrected chi connectivity index (χ0v) is 16.5. The minimum absolute atomic E-state index is 0.000364. The van der Waals surface area contributed by atoms with Crippen LogP contribution in [0.15, 0.2) is 53.4 Å². The molecule has 150 valence electrons. The van der Waals surface area contributed by atoms with Crippen LogP contribution >= 0.6 is 0 Å². The van der Waals surface area contributed by atoms with Crippen LogP contribution in [0.1, 0.15) is 17.5 Å². The van der Waals surface area contributed by atoms with Crippen molar-refractivity contribution in [3.8, 4) is 5.75 Å². The molecule has 0 bridgehead atoms. The molecule has 0 unspecified atom stereocenters. The maximum Gasteiger partial charge on any atom is 0.238 e. The first-order valence-corrected chi connectivity index (χ1v) is 10.8. The summed E-state index contributed by atoms with van der Waals surface area (Å²) >= 11 is 0. The number of benzene rings is 2. The highest BCUT2D eigenvalue weighted by atomic mass is 32.2. The second-order valence-electron chi connectivity index (χ2n) is 6.77. The molecule has 0 aromatic heterocycles. The third-order valence-electron chi connectivity index (χ3n) is 4.67. The van der Waals surface area contributed by atoms with Gasteiger partial charge in [-0.3, -0.25) is 9.69 Å². The van der Waals surface area contributed by atoms with Gasteiger partial charge in [-0.25, -0.2) is 13.6 Å². The average Bonchev–Trinajstić information content (AvgIpc) is 2.88. The summed E-state index contributed by atoms with van der Waals surface area (Å²) in [7, 11) is -3.68. The molecule has 7 nitrogen and oxygen atoms in total. The Bertz CT molecular complexity index is 913. The summed E-state index contributed by atoms with van der Waals surface area (Å²) in [6.45, 7) is 3.36. The van der Waals surface area contributed by atoms with E-state index in [1.54, 1.807) is 12.1 Å². The van der Waals surface area contributed by atoms with Gasteiger partial charge in [0.25, 0.3) is 0 Å². The fourth-order valence-corrected chi connectivity index (χ4v) is 3.63. The molecule has 3 N–H and O–H groups in total. The number of primary sulfonamides is 1. The number of fused-ring (bicyclic) bond motifs is 1. The molecular weight excluding hydrogens is 378 g/mol. The van der Waals surface area contributed by atoms with Gasteiger partial charge in [-0.2, -0.15) is 0 Å². The standard InChI is InChI=1S/C20H25N3O4S/c21-28(25,26)18-7-5-16(6-8-18)9-11-22-20(24)10-12-23-13-14-27-19-4-2-1-3-17(19)15-23/h1-8H,9-15H2,(H,22,24)(H2,21,25,26). The molecule has 3 rings (SSSR count). The van der Waals surface area contributed by atoms with Crippen molar-refractivity contribution >= 4 is 15.9 Å². The predicted octanol–water partition coefficient (Wildman–Crippen LogP) is 1.28. The van der Waals surface area contributed by atoms with Gasteiger partial charge in [-0.05, 0) is 30.2 Å². The lowest BCUT2D eigenvalue weighted by Crippen LogP contribution is -2.32. The van der Waals surface area contributed by atoms with Gasteiger partial charge in [0.2, 0.25) is 15.9 Å². The highest BCUT2D eigenvalue weighted by molar-refractivity contribution is 7.89. The Hall–Kier alpha value is -2.42. The lowest BCUT2D eigenvalue weighted by molar-refractivity contribution is -0.121. The van der Waals surface area contributed by atoms with Crippen LogP contribution in [0.25, 0.3) is 0 Å². The number of amides is 1. The highest BCUT2D eigenvalue weighted by Gasteiger charge is 2.15. The zero-order chi connectivity index (χ0) is 20.0. The molecule has 0 saturated carbocycles. The zero-order valence-electron chi connectivity index (χ0n) is 15.6. The highest BCUT2D eigenvalue weighted by Crippen LogP contribution is 2.22. The number of hydrogen-bond donors (Lipinski definition) is 2. The summed E-state index contributed by atoms with van der Waals surface area (Å²) in [4.78, 5) is 14.4. The first kappa shape index (κ1) is 20.3. The van der Waals surface area contributed by atoms with Crippen molar-refractivity contribution < 1.29 is 17.9 Å². The number of rotatable bonds is 7. The number of hydrogen-bond acceptors (Lipinski definition) is 5. The quantitative estimate of drug-likeness (QED) is 0.725. The minimum atomic E-state index is -3.68. The first-order valence-electron chi connectivity index (χ1n) is 9.23. The third-order valence-corrected chi connectivity index (χ3v) is 5.60. The number of nitrogens with two attached hydrogens (primary N) is 1. The molecule has 1 heterocycles. The molecule has 1 aliphatic heterocycles. The predicted molar refractivity (Wildman–Crippen MR) is 106 cm³/mol. The van der Waals surface area contributed by atoms with Gasteiger partial charge >= 0.3 is 0 Å². The number of nitrogens with one attached hydrogen (secondary N) is 1. The number of sulfonamides is 1. The summed E-state index contributed by atoms with van der Waals surface area (Å²) in [5, 5.41) is 7.99. The van der Waals surface area contributed by atoms with Gasteiger partial charge in [-0.1, -0.05) is 30.3 Å². The Morgan fingerprint density at radius 1 is 1.14 bits per heavy atom. The Labute approximate surface area is 165 Å². The summed E-state index contributed by atoms with van der Waals surface area (Å²) in [5.41, 5.74) is 2.08. The van der Waals surface area contributed by atoms with Crippen molar-refractivity contribution in [3.63, 3.8) is 0 Å². The maximum absolute atomic E-state index is 12.1. The monoisotopic (exact) mass is 403 g/mol. The minimum Gasteiger partial charge on any atom is -0.492 e. The molecule has 8 heteroatoms. The van der Waals surface area contributed by atoms with E-state index in [1.807, 2.05) is 18.2 Å². The SMILES string of the molecule is NS(=O)(=O)c1ccc(CCNC(=O)CCN2CCOc3ccccc3C2)cc1. The van der Waals surface area contributed by atoms with Gasteiger partial charge in [0, 0.05) is 38.2 Å². The second kappa shape index (κ2) is 9.18. The molecule has 0 fully saturated rings. The van der Waals surface area contributed by atoms with Crippen molar-refractivity contribution in [1.82, 2.24) is 10.2 Å². The fourth-order valence-electron chi connectivity index (χ4n) is 3.11. The van der Waals surface area contributed by atoms with Crippen molar-refractivity contribution in [2.75, 3.05) is 26.2 Å². The lowest BCUT2D eigenvalue weighted by Gasteiger charge is -2.18. The molecule has 2 aromatic carbocycles. The van der Waals surface area contributed by atoms with Crippen molar-refractivity contribution in [3.05, 3.63) is 59.7 Å². The van der Waals surface area contributed by atoms with E-state index >= 15 is 0 Å². The third kappa shape index (κ3) is 5.79. The van der Waals surface area contributed by atoms with Gasteiger partial charge < -0.3 is 10.1 Å². The van der Waals surface area contributed by atoms with Gasteiger partial charge in [0.15, 0.2) is 0 Å². The van der Waals surface area contributed by atoms with Crippen molar-refractivity contribution in [2.24, 2.45) is 5.14 Å². The maximum atomic E-state index is 12.1. The Kier molecular flexibility index (Phi) is 6.66. The number of para-hydroxylation sites is 1. The number of carbonyl (C=O) groups is 1. The van der Waals surface area contributed by atoms with Crippen LogP contribution in [0, 0.1) is 0 Å². The molecule has 1 aliphatic rings. The summed E-state index contributed by atoms with van der Waals surface area (Å²) in [5.74, 6) is 0.919. The Morgan fingerprint density at radius 3 is 2.64 bits per heavy atom. The number of nitrogens with zero attached hydrogens (tertiary/aromatic N) is 1. The van der Waals surface area contributed by atoms with Crippen LogP contribution < -0.4 is 15.2 Å². The van der Waals surface area contributed by atoms with E-state index in [4.69, 9.17) is 9.88 Å². The van der Waals surface area contributed by atoms with E-state index in [9.17, 15) is 13.2 Å². The van der Waals surface area contributed by atoms with E-state index in [0.717, 1.165) is 30.0 Å². The Balaban J connectivity index is 1.40. The number of ether oxygens (including phenoxy) is 1. The van der Waals surface area contributed by atoms with E-state index in [1.165, 1.54) is 12.1 Å². The molecule has 0 atom stereocenters. The topological polar surface area (TPSA) is 102 Å². The Morgan fingerprint density at radius 2 is 1.89 bits per heavy atom. The normalized spacial score (nSPS) is 14.6. The summed E-state index contributed by atoms with van der Waals surface area (Å²) in [6, 6.07) is 14.4. The molecule has 1 amide bonds. The van der Waals surface area contributed by atoms with E-state index < -0.39 is 10.0 Å². The van der Waals surface area contributed by atoms with Crippen LogP contribution in [0.4, 0.5) is 0 Å². The fraction of sp³-hybridized carbons (Fsp3) is 0.350. The first-order chi connectivity index (χ1) is 13.4. The molecule has 0 aliphatic carbocycles. The van der Waals surface area contributed by atoms with Crippen LogP contribution in [0.2, 0.25) is 0 Å². The molecule has 28 heavy (non-hydrogen) atoms. The molecule has 0 radical (unpaired) electrons. The average molecular weight is 404 g/mol. The molecule has 2 aromatic rings. The van der Waals surface area contributed by atoms with Crippen molar-refractivity contribution in [2.45, 2.75) is 24.3 Å². The van der Waals surface area contributed by atoms with Crippen LogP contribution in [-0.4, -0.2) is 45.5 Å². The van der Waals surface area contributed by atoms with E-state index in [0.29, 0.717) is 32.5 Å².